The molecule has 2 atom stereocenters. The molecule has 1 rings (SSSR count). The number of rotatable bonds is 2. The second-order valence-corrected chi connectivity index (χ2v) is 3.98. The van der Waals surface area contributed by atoms with Gasteiger partial charge in [0.1, 0.15) is 5.78 Å². The first-order valence-electron chi connectivity index (χ1n) is 5.03. The maximum atomic E-state index is 12.5. The molecule has 0 N–H and O–H groups in total. The van der Waals surface area contributed by atoms with Gasteiger partial charge in [0.15, 0.2) is 0 Å². The molecular weight excluding hydrogens is 193 g/mol. The minimum absolute atomic E-state index is 0.236. The van der Waals surface area contributed by atoms with E-state index in [1.54, 1.807) is 0 Å². The van der Waals surface area contributed by atoms with Crippen LogP contribution in [0, 0.1) is 11.8 Å². The summed E-state index contributed by atoms with van der Waals surface area (Å²) in [5, 5.41) is 0. The molecule has 1 saturated carbocycles. The van der Waals surface area contributed by atoms with Gasteiger partial charge in [0, 0.05) is 12.8 Å². The number of hydrogen-bond donors (Lipinski definition) is 0. The van der Waals surface area contributed by atoms with Gasteiger partial charge in [0.2, 0.25) is 0 Å². The molecular formula is C10H15F3O. The van der Waals surface area contributed by atoms with Crippen molar-refractivity contribution in [3.63, 3.8) is 0 Å². The predicted octanol–water partition coefficient (Wildman–Crippen LogP) is 3.33. The first-order valence-corrected chi connectivity index (χ1v) is 5.03. The van der Waals surface area contributed by atoms with Gasteiger partial charge in [-0.25, -0.2) is 0 Å². The lowest BCUT2D eigenvalue weighted by Gasteiger charge is -2.32. The number of alkyl halides is 3. The number of carbonyl (C=O) groups excluding carboxylic acids is 1. The van der Waals surface area contributed by atoms with Crippen LogP contribution in [0.15, 0.2) is 0 Å². The molecule has 4 heteroatoms. The molecule has 1 unspecified atom stereocenters. The Morgan fingerprint density at radius 3 is 2.57 bits per heavy atom. The first-order chi connectivity index (χ1) is 6.45. The van der Waals surface area contributed by atoms with E-state index >= 15 is 0 Å². The second-order valence-electron chi connectivity index (χ2n) is 3.98. The van der Waals surface area contributed by atoms with Crippen LogP contribution in [-0.4, -0.2) is 12.0 Å². The van der Waals surface area contributed by atoms with Crippen molar-refractivity contribution in [2.45, 2.75) is 45.2 Å². The molecule has 1 nitrogen and oxygen atoms in total. The largest absolute Gasteiger partial charge is 0.392 e. The Bertz CT molecular complexity index is 210. The van der Waals surface area contributed by atoms with E-state index in [0.717, 1.165) is 6.42 Å². The second kappa shape index (κ2) is 4.32. The van der Waals surface area contributed by atoms with E-state index in [1.807, 2.05) is 6.92 Å². The molecule has 0 aromatic heterocycles. The lowest BCUT2D eigenvalue weighted by atomic mass is 9.76. The molecule has 1 aliphatic rings. The molecule has 1 aliphatic carbocycles. The monoisotopic (exact) mass is 208 g/mol. The fraction of sp³-hybridized carbons (Fsp3) is 0.900. The topological polar surface area (TPSA) is 17.1 Å². The number of hydrogen-bond acceptors (Lipinski definition) is 1. The highest BCUT2D eigenvalue weighted by molar-refractivity contribution is 5.79. The highest BCUT2D eigenvalue weighted by Crippen LogP contribution is 2.42. The average Bonchev–Trinajstić information content (AvgIpc) is 2.07. The van der Waals surface area contributed by atoms with E-state index in [-0.39, 0.29) is 18.1 Å². The van der Waals surface area contributed by atoms with Crippen LogP contribution in [0.2, 0.25) is 0 Å². The van der Waals surface area contributed by atoms with Crippen LogP contribution >= 0.6 is 0 Å². The summed E-state index contributed by atoms with van der Waals surface area (Å²) in [6, 6.07) is 0. The predicted molar refractivity (Wildman–Crippen MR) is 46.8 cm³/mol. The highest BCUT2D eigenvalue weighted by Gasteiger charge is 2.46. The lowest BCUT2D eigenvalue weighted by molar-refractivity contribution is -0.197. The zero-order chi connectivity index (χ0) is 10.8. The van der Waals surface area contributed by atoms with Crippen molar-refractivity contribution in [1.29, 1.82) is 0 Å². The molecule has 0 aromatic carbocycles. The van der Waals surface area contributed by atoms with E-state index in [1.165, 1.54) is 0 Å². The molecule has 14 heavy (non-hydrogen) atoms. The summed E-state index contributed by atoms with van der Waals surface area (Å²) in [7, 11) is 0. The SMILES string of the molecule is CCC[C@H]1CCC(=O)CC1C(F)(F)F. The Kier molecular flexibility index (Phi) is 3.56. The zero-order valence-corrected chi connectivity index (χ0v) is 8.23. The van der Waals surface area contributed by atoms with Crippen molar-refractivity contribution in [2.24, 2.45) is 11.8 Å². The minimum Gasteiger partial charge on any atom is -0.300 e. The maximum Gasteiger partial charge on any atom is 0.392 e. The third kappa shape index (κ3) is 2.72. The van der Waals surface area contributed by atoms with Gasteiger partial charge >= 0.3 is 6.18 Å². The molecule has 0 aliphatic heterocycles. The number of Topliss-reactive ketones (excluding diaryl/α,β-unsaturated/α-hetero) is 1. The molecule has 0 aromatic rings. The number of halogens is 3. The number of ketones is 1. The normalized spacial score (nSPS) is 29.3. The molecule has 1 fully saturated rings. The van der Waals surface area contributed by atoms with E-state index < -0.39 is 12.1 Å². The van der Waals surface area contributed by atoms with Gasteiger partial charge in [-0.15, -0.1) is 0 Å². The van der Waals surface area contributed by atoms with E-state index in [4.69, 9.17) is 0 Å². The molecule has 0 spiro atoms. The van der Waals surface area contributed by atoms with Crippen molar-refractivity contribution in [3.05, 3.63) is 0 Å². The summed E-state index contributed by atoms with van der Waals surface area (Å²) in [5.41, 5.74) is 0. The van der Waals surface area contributed by atoms with Crippen molar-refractivity contribution < 1.29 is 18.0 Å². The summed E-state index contributed by atoms with van der Waals surface area (Å²) in [4.78, 5) is 11.0. The summed E-state index contributed by atoms with van der Waals surface area (Å²) in [5.74, 6) is -1.96. The first kappa shape index (κ1) is 11.5. The van der Waals surface area contributed by atoms with Crippen molar-refractivity contribution >= 4 is 5.78 Å². The maximum absolute atomic E-state index is 12.5. The fourth-order valence-electron chi connectivity index (χ4n) is 2.16. The molecule has 0 bridgehead atoms. The fourth-order valence-corrected chi connectivity index (χ4v) is 2.16. The number of carbonyl (C=O) groups is 1. The molecule has 0 heterocycles. The summed E-state index contributed by atoms with van der Waals surface area (Å²) < 4.78 is 37.6. The van der Waals surface area contributed by atoms with Gasteiger partial charge in [-0.2, -0.15) is 13.2 Å². The van der Waals surface area contributed by atoms with Crippen LogP contribution in [-0.2, 0) is 4.79 Å². The smallest absolute Gasteiger partial charge is 0.300 e. The van der Waals surface area contributed by atoms with Crippen LogP contribution in [0.5, 0.6) is 0 Å². The van der Waals surface area contributed by atoms with E-state index in [0.29, 0.717) is 19.3 Å². The van der Waals surface area contributed by atoms with Crippen LogP contribution < -0.4 is 0 Å². The standard InChI is InChI=1S/C10H15F3O/c1-2-3-7-4-5-8(14)6-9(7)10(11,12)13/h7,9H,2-6H2,1H3/t7-,9?/m0/s1. The Morgan fingerprint density at radius 1 is 1.43 bits per heavy atom. The van der Waals surface area contributed by atoms with Gasteiger partial charge in [-0.3, -0.25) is 4.79 Å². The quantitative estimate of drug-likeness (QED) is 0.680. The Labute approximate surface area is 81.7 Å². The van der Waals surface area contributed by atoms with Gasteiger partial charge in [0.05, 0.1) is 5.92 Å². The molecule has 0 saturated heterocycles. The van der Waals surface area contributed by atoms with Crippen LogP contribution in [0.1, 0.15) is 39.0 Å². The summed E-state index contributed by atoms with van der Waals surface area (Å²) in [6.07, 6.45) is -2.42. The minimum atomic E-state index is -4.20. The van der Waals surface area contributed by atoms with Gasteiger partial charge < -0.3 is 0 Å². The molecule has 0 radical (unpaired) electrons. The average molecular weight is 208 g/mol. The van der Waals surface area contributed by atoms with Gasteiger partial charge in [0.25, 0.3) is 0 Å². The Balaban J connectivity index is 2.68. The zero-order valence-electron chi connectivity index (χ0n) is 8.23. The van der Waals surface area contributed by atoms with E-state index in [2.05, 4.69) is 0 Å². The van der Waals surface area contributed by atoms with Crippen LogP contribution in [0.3, 0.4) is 0 Å². The third-order valence-electron chi connectivity index (χ3n) is 2.89. The summed E-state index contributed by atoms with van der Waals surface area (Å²) >= 11 is 0. The van der Waals surface area contributed by atoms with Crippen LogP contribution in [0.4, 0.5) is 13.2 Å². The Hall–Kier alpha value is -0.540. The highest BCUT2D eigenvalue weighted by atomic mass is 19.4. The summed E-state index contributed by atoms with van der Waals surface area (Å²) in [6.45, 7) is 1.88. The van der Waals surface area contributed by atoms with Crippen molar-refractivity contribution in [1.82, 2.24) is 0 Å². The Morgan fingerprint density at radius 2 is 2.07 bits per heavy atom. The van der Waals surface area contributed by atoms with Gasteiger partial charge in [-0.05, 0) is 12.3 Å². The van der Waals surface area contributed by atoms with Crippen molar-refractivity contribution in [3.8, 4) is 0 Å². The van der Waals surface area contributed by atoms with E-state index in [9.17, 15) is 18.0 Å². The third-order valence-corrected chi connectivity index (χ3v) is 2.89. The molecule has 82 valence electrons. The molecule has 0 amide bonds. The van der Waals surface area contributed by atoms with Crippen molar-refractivity contribution in [2.75, 3.05) is 0 Å². The van der Waals surface area contributed by atoms with Crippen LogP contribution in [0.25, 0.3) is 0 Å². The lowest BCUT2D eigenvalue weighted by Crippen LogP contribution is -2.36. The van der Waals surface area contributed by atoms with Gasteiger partial charge in [-0.1, -0.05) is 19.8 Å².